The van der Waals surface area contributed by atoms with Crippen LogP contribution in [-0.4, -0.2) is 111 Å². The number of unbranched alkanes of at least 4 members (excludes halogenated alkanes) is 1. The number of rotatable bonds is 16. The number of aliphatic hydroxyl groups excluding tert-OH is 1. The van der Waals surface area contributed by atoms with Crippen LogP contribution in [0.5, 0.6) is 0 Å². The van der Waals surface area contributed by atoms with E-state index in [2.05, 4.69) is 21.7 Å². The number of oxazole rings is 1. The molecule has 1 aromatic heterocycles. The number of hydrogen-bond donors (Lipinski definition) is 3. The smallest absolute Gasteiger partial charge is 0.259 e. The fourth-order valence-corrected chi connectivity index (χ4v) is 9.70. The molecule has 2 saturated heterocycles. The number of hydrogen-bond acceptors (Lipinski definition) is 11. The molecular weight excluding hydrogens is 932 g/mol. The van der Waals surface area contributed by atoms with Gasteiger partial charge in [0.15, 0.2) is 17.3 Å². The van der Waals surface area contributed by atoms with E-state index < -0.39 is 46.9 Å². The molecule has 7 rings (SSSR count). The highest BCUT2D eigenvalue weighted by Crippen LogP contribution is 2.38. The lowest BCUT2D eigenvalue weighted by molar-refractivity contribution is -0.144. The van der Waals surface area contributed by atoms with Gasteiger partial charge in [0, 0.05) is 56.9 Å². The van der Waals surface area contributed by atoms with E-state index in [1.54, 1.807) is 18.2 Å². The summed E-state index contributed by atoms with van der Waals surface area (Å²) < 4.78 is 11.1. The Morgan fingerprint density at radius 2 is 1.74 bits per heavy atom. The number of halogens is 1. The summed E-state index contributed by atoms with van der Waals surface area (Å²) in [6, 6.07) is 20.3. The van der Waals surface area contributed by atoms with Crippen LogP contribution < -0.4 is 20.4 Å². The Kier molecular flexibility index (Phi) is 15.9. The highest BCUT2D eigenvalue weighted by molar-refractivity contribution is 7.81. The van der Waals surface area contributed by atoms with Crippen molar-refractivity contribution >= 4 is 75.4 Å². The van der Waals surface area contributed by atoms with E-state index in [4.69, 9.17) is 33.0 Å². The lowest BCUT2D eigenvalue weighted by Crippen LogP contribution is -2.58. The molecule has 0 spiro atoms. The normalized spacial score (nSPS) is 18.4. The number of thiocarbonyl (C=S) groups is 1. The summed E-state index contributed by atoms with van der Waals surface area (Å²) in [7, 11) is 0. The Labute approximate surface area is 418 Å². The number of amides is 5. The summed E-state index contributed by atoms with van der Waals surface area (Å²) >= 11 is 12.1. The van der Waals surface area contributed by atoms with Gasteiger partial charge in [-0.1, -0.05) is 74.8 Å². The number of carbonyl (C=O) groups is 5. The summed E-state index contributed by atoms with van der Waals surface area (Å²) in [4.78, 5) is 77.9. The number of benzene rings is 3. The maximum Gasteiger partial charge on any atom is 0.259 e. The Morgan fingerprint density at radius 1 is 1.04 bits per heavy atom. The summed E-state index contributed by atoms with van der Waals surface area (Å²) in [5.41, 5.74) is 4.44. The molecule has 18 heteroatoms. The van der Waals surface area contributed by atoms with Crippen LogP contribution in [0.3, 0.4) is 0 Å². The molecular formula is C52H59ClN8O8S. The number of anilines is 2. The number of β-amino-alcohol motifs (C(OH)–C–C–N with tert-alkyl or cyclic N) is 1. The Morgan fingerprint density at radius 3 is 2.37 bits per heavy atom. The van der Waals surface area contributed by atoms with Crippen LogP contribution >= 0.6 is 23.8 Å². The first-order chi connectivity index (χ1) is 33.3. The molecule has 3 aromatic carbocycles. The van der Waals surface area contributed by atoms with E-state index >= 15 is 0 Å². The van der Waals surface area contributed by atoms with Crippen LogP contribution in [0.1, 0.15) is 89.1 Å². The largest absolute Gasteiger partial charge is 0.443 e. The van der Waals surface area contributed by atoms with Crippen LogP contribution in [0, 0.1) is 23.7 Å². The van der Waals surface area contributed by atoms with E-state index in [9.17, 15) is 34.3 Å². The molecule has 2 fully saturated rings. The van der Waals surface area contributed by atoms with Crippen LogP contribution in [0.15, 0.2) is 83.6 Å². The number of carbonyl (C=O) groups excluding carboxylic acids is 5. The summed E-state index contributed by atoms with van der Waals surface area (Å²) in [5, 5.41) is 26.1. The molecule has 70 heavy (non-hydrogen) atoms. The number of ether oxygens (including phenoxy) is 1. The van der Waals surface area contributed by atoms with Gasteiger partial charge in [-0.05, 0) is 105 Å². The van der Waals surface area contributed by atoms with Gasteiger partial charge in [-0.3, -0.25) is 28.9 Å². The van der Waals surface area contributed by atoms with Crippen molar-refractivity contribution in [2.75, 3.05) is 42.6 Å². The third-order valence-electron chi connectivity index (χ3n) is 12.9. The lowest BCUT2D eigenvalue weighted by Gasteiger charge is -2.35. The molecule has 3 aliphatic heterocycles. The summed E-state index contributed by atoms with van der Waals surface area (Å²) in [5.74, 6) is -0.871. The van der Waals surface area contributed by atoms with Gasteiger partial charge in [-0.2, -0.15) is 5.26 Å². The molecule has 0 saturated carbocycles. The van der Waals surface area contributed by atoms with Crippen LogP contribution in [0.25, 0.3) is 16.9 Å². The molecule has 3 N–H and O–H groups in total. The topological polar surface area (TPSA) is 202 Å². The third-order valence-corrected chi connectivity index (χ3v) is 13.6. The van der Waals surface area contributed by atoms with Crippen LogP contribution in [0.4, 0.5) is 11.4 Å². The number of likely N-dealkylation sites (tertiary alicyclic amines) is 1. The van der Waals surface area contributed by atoms with E-state index in [0.717, 1.165) is 33.6 Å². The number of aliphatic hydroxyl groups is 1. The highest BCUT2D eigenvalue weighted by atomic mass is 35.5. The van der Waals surface area contributed by atoms with Gasteiger partial charge in [0.05, 0.1) is 28.1 Å². The molecule has 3 aliphatic rings. The first-order valence-electron chi connectivity index (χ1n) is 23.4. The second-order valence-corrected chi connectivity index (χ2v) is 20.2. The highest BCUT2D eigenvalue weighted by Gasteiger charge is 2.50. The molecule has 3 atom stereocenters. The summed E-state index contributed by atoms with van der Waals surface area (Å²) in [6.07, 6.45) is 4.75. The van der Waals surface area contributed by atoms with Gasteiger partial charge in [0.1, 0.15) is 30.3 Å². The van der Waals surface area contributed by atoms with Gasteiger partial charge in [-0.15, -0.1) is 0 Å². The predicted molar refractivity (Wildman–Crippen MR) is 269 cm³/mol. The quantitative estimate of drug-likeness (QED) is 0.0794. The minimum atomic E-state index is -0.991. The predicted octanol–water partition coefficient (Wildman–Crippen LogP) is 6.70. The van der Waals surface area contributed by atoms with Gasteiger partial charge < -0.3 is 39.6 Å². The number of aryl methyl sites for hydroxylation is 1. The second kappa shape index (κ2) is 21.7. The van der Waals surface area contributed by atoms with Crippen molar-refractivity contribution in [2.45, 2.75) is 104 Å². The molecule has 368 valence electrons. The third kappa shape index (κ3) is 11.4. The SMILES string of the molecule is Cc1ncoc1-c1ccc(CNC(=O)[C@@H]2C[C@@H](O)CN2C(=O)C(NC(=O)COCCCCC(=O)N2CC=C(c3ccc(N4C(=S)N(c5ccc(C#N)c(Cl)c5)C(=O)C4(C)C)cc3)CC2)C(C)(C)C)cc1. The first-order valence-corrected chi connectivity index (χ1v) is 24.2. The van der Waals surface area contributed by atoms with Crippen LogP contribution in [0.2, 0.25) is 5.02 Å². The molecule has 4 heterocycles. The molecule has 0 radical (unpaired) electrons. The minimum absolute atomic E-state index is 0.0317. The van der Waals surface area contributed by atoms with Crippen LogP contribution in [-0.2, 0) is 35.3 Å². The molecule has 16 nitrogen and oxygen atoms in total. The Hall–Kier alpha value is -6.45. The standard InChI is InChI=1S/C52H59ClN8O8S/c1-32-45(69-31-56-32)36-12-10-33(11-13-36)28-55-47(65)42-26-40(62)29-59(42)48(66)46(51(2,3)4)57-43(63)30-68-24-8-7-9-44(64)58-22-20-35(21-23-58)34-14-17-38(18-15-34)61-50(70)60(49(67)52(61,5)6)39-19-16-37(27-54)41(53)25-39/h10-20,25,31,40,42,46,62H,7-9,21-24,26,28-30H2,1-6H3,(H,55,65)(H,57,63)/t40-,42+,46?/m1/s1. The van der Waals surface area contributed by atoms with Gasteiger partial charge in [-0.25, -0.2) is 4.98 Å². The number of nitrogens with one attached hydrogen (secondary N) is 2. The van der Waals surface area contributed by atoms with Gasteiger partial charge in [0.2, 0.25) is 23.6 Å². The Balaban J connectivity index is 0.829. The van der Waals surface area contributed by atoms with E-state index in [1.807, 2.05) is 106 Å². The maximum atomic E-state index is 14.0. The monoisotopic (exact) mass is 990 g/mol. The second-order valence-electron chi connectivity index (χ2n) is 19.4. The molecule has 5 amide bonds. The molecule has 1 unspecified atom stereocenters. The molecule has 0 bridgehead atoms. The van der Waals surface area contributed by atoms with E-state index in [1.165, 1.54) is 16.2 Å². The fraction of sp³-hybridized carbons (Fsp3) is 0.423. The zero-order valence-corrected chi connectivity index (χ0v) is 41.9. The maximum absolute atomic E-state index is 14.0. The zero-order valence-electron chi connectivity index (χ0n) is 40.3. The number of nitrogens with zero attached hydrogens (tertiary/aromatic N) is 6. The van der Waals surface area contributed by atoms with Crippen molar-refractivity contribution in [3.05, 3.63) is 107 Å². The molecule has 0 aliphatic carbocycles. The van der Waals surface area contributed by atoms with Crippen molar-refractivity contribution in [2.24, 2.45) is 5.41 Å². The Bertz CT molecular complexity index is 2710. The average molecular weight is 992 g/mol. The number of nitriles is 1. The zero-order chi connectivity index (χ0) is 50.5. The number of aromatic nitrogens is 1. The van der Waals surface area contributed by atoms with Crippen molar-refractivity contribution < 1.29 is 38.2 Å². The lowest BCUT2D eigenvalue weighted by atomic mass is 9.85. The van der Waals surface area contributed by atoms with E-state index in [-0.39, 0.29) is 49.6 Å². The van der Waals surface area contributed by atoms with E-state index in [0.29, 0.717) is 60.9 Å². The minimum Gasteiger partial charge on any atom is -0.443 e. The fourth-order valence-electron chi connectivity index (χ4n) is 8.96. The van der Waals surface area contributed by atoms with Crippen molar-refractivity contribution in [1.29, 1.82) is 5.26 Å². The first kappa shape index (κ1) is 51.4. The van der Waals surface area contributed by atoms with Crippen molar-refractivity contribution in [3.63, 3.8) is 0 Å². The van der Waals surface area contributed by atoms with Crippen molar-refractivity contribution in [1.82, 2.24) is 25.4 Å². The summed E-state index contributed by atoms with van der Waals surface area (Å²) in [6.45, 7) is 12.1. The van der Waals surface area contributed by atoms with Crippen molar-refractivity contribution in [3.8, 4) is 17.4 Å². The molecule has 4 aromatic rings. The van der Waals surface area contributed by atoms with Gasteiger partial charge in [0.25, 0.3) is 5.91 Å². The van der Waals surface area contributed by atoms with Gasteiger partial charge >= 0.3 is 0 Å². The average Bonchev–Trinajstić information content (AvgIpc) is 4.00.